The van der Waals surface area contributed by atoms with Gasteiger partial charge in [0.25, 0.3) is 0 Å². The molecule has 0 radical (unpaired) electrons. The van der Waals surface area contributed by atoms with Crippen molar-refractivity contribution in [3.8, 4) is 0 Å². The fourth-order valence-corrected chi connectivity index (χ4v) is 2.07. The number of nitrogens with one attached hydrogen (secondary N) is 1. The third-order valence-electron chi connectivity index (χ3n) is 3.05. The molecule has 1 aliphatic carbocycles. The van der Waals surface area contributed by atoms with Crippen molar-refractivity contribution in [3.05, 3.63) is 23.8 Å². The zero-order chi connectivity index (χ0) is 11.1. The molecule has 86 valence electrons. The molecule has 1 atom stereocenters. The molecule has 0 aromatic carbocycles. The molecule has 0 saturated carbocycles. The molecule has 0 aromatic heterocycles. The maximum atomic E-state index is 5.57. The molecule has 0 amide bonds. The minimum absolute atomic E-state index is 0.422. The first-order valence-electron chi connectivity index (χ1n) is 6.00. The van der Waals surface area contributed by atoms with Gasteiger partial charge in [0.1, 0.15) is 0 Å². The van der Waals surface area contributed by atoms with Gasteiger partial charge < -0.3 is 0 Å². The first-order valence-corrected chi connectivity index (χ1v) is 6.00. The van der Waals surface area contributed by atoms with Crippen molar-refractivity contribution < 1.29 is 0 Å². The molecule has 0 aliphatic heterocycles. The van der Waals surface area contributed by atoms with Crippen LogP contribution >= 0.6 is 0 Å². The summed E-state index contributed by atoms with van der Waals surface area (Å²) < 4.78 is 0. The molecule has 1 rings (SSSR count). The van der Waals surface area contributed by atoms with Crippen LogP contribution in [0.5, 0.6) is 0 Å². The van der Waals surface area contributed by atoms with Crippen molar-refractivity contribution in [3.63, 3.8) is 0 Å². The van der Waals surface area contributed by atoms with E-state index < -0.39 is 0 Å². The van der Waals surface area contributed by atoms with Gasteiger partial charge >= 0.3 is 0 Å². The molecule has 15 heavy (non-hydrogen) atoms. The van der Waals surface area contributed by atoms with E-state index in [4.69, 9.17) is 5.84 Å². The van der Waals surface area contributed by atoms with Crippen LogP contribution in [0.2, 0.25) is 0 Å². The normalized spacial score (nSPS) is 18.4. The van der Waals surface area contributed by atoms with Crippen LogP contribution in [-0.2, 0) is 0 Å². The third kappa shape index (κ3) is 5.14. The van der Waals surface area contributed by atoms with Crippen LogP contribution in [0.25, 0.3) is 0 Å². The van der Waals surface area contributed by atoms with Crippen molar-refractivity contribution >= 4 is 0 Å². The van der Waals surface area contributed by atoms with Crippen LogP contribution in [0, 0.1) is 0 Å². The van der Waals surface area contributed by atoms with E-state index >= 15 is 0 Å². The largest absolute Gasteiger partial charge is 0.271 e. The fourth-order valence-electron chi connectivity index (χ4n) is 2.07. The number of hydrogen-bond acceptors (Lipinski definition) is 2. The molecule has 0 bridgehead atoms. The Morgan fingerprint density at radius 1 is 1.60 bits per heavy atom. The Balaban J connectivity index is 2.31. The molecule has 1 aliphatic rings. The Labute approximate surface area is 93.6 Å². The van der Waals surface area contributed by atoms with Gasteiger partial charge in [-0.1, -0.05) is 17.2 Å². The Morgan fingerprint density at radius 2 is 2.40 bits per heavy atom. The van der Waals surface area contributed by atoms with Gasteiger partial charge in [-0.15, -0.1) is 6.58 Å². The van der Waals surface area contributed by atoms with E-state index in [1.165, 1.54) is 31.3 Å². The van der Waals surface area contributed by atoms with E-state index in [2.05, 4.69) is 25.0 Å². The smallest absolute Gasteiger partial charge is 0.0250 e. The highest BCUT2D eigenvalue weighted by Crippen LogP contribution is 2.22. The minimum Gasteiger partial charge on any atom is -0.271 e. The lowest BCUT2D eigenvalue weighted by Crippen LogP contribution is -2.35. The summed E-state index contributed by atoms with van der Waals surface area (Å²) in [4.78, 5) is 0. The van der Waals surface area contributed by atoms with Crippen molar-refractivity contribution in [2.75, 3.05) is 0 Å². The fraction of sp³-hybridized carbons (Fsp3) is 0.692. The predicted octanol–water partition coefficient (Wildman–Crippen LogP) is 3.07. The second-order valence-electron chi connectivity index (χ2n) is 4.67. The van der Waals surface area contributed by atoms with Crippen LogP contribution in [0.1, 0.15) is 51.9 Å². The van der Waals surface area contributed by atoms with Gasteiger partial charge in [-0.25, -0.2) is 0 Å². The Kier molecular flexibility index (Phi) is 5.66. The summed E-state index contributed by atoms with van der Waals surface area (Å²) in [7, 11) is 0. The highest BCUT2D eigenvalue weighted by atomic mass is 15.2. The Morgan fingerprint density at radius 3 is 2.93 bits per heavy atom. The van der Waals surface area contributed by atoms with E-state index in [1.807, 2.05) is 0 Å². The standard InChI is InChI=1S/C13H24N2/c1-11(2)8-9-13(15-14)10-12-6-4-3-5-7-12/h6,13,15H,1,3-5,7-10,14H2,2H3. The molecule has 2 heteroatoms. The second kappa shape index (κ2) is 6.81. The van der Waals surface area contributed by atoms with Gasteiger partial charge in [0, 0.05) is 6.04 Å². The first-order chi connectivity index (χ1) is 7.22. The van der Waals surface area contributed by atoms with E-state index in [0.717, 1.165) is 19.3 Å². The molecule has 0 heterocycles. The maximum Gasteiger partial charge on any atom is 0.0250 e. The lowest BCUT2D eigenvalue weighted by molar-refractivity contribution is 0.477. The lowest BCUT2D eigenvalue weighted by atomic mass is 9.92. The summed E-state index contributed by atoms with van der Waals surface area (Å²) in [6.07, 6.45) is 10.9. The van der Waals surface area contributed by atoms with Crippen LogP contribution in [-0.4, -0.2) is 6.04 Å². The van der Waals surface area contributed by atoms with Crippen molar-refractivity contribution in [1.82, 2.24) is 5.43 Å². The first kappa shape index (κ1) is 12.5. The molecule has 0 saturated heterocycles. The van der Waals surface area contributed by atoms with Crippen LogP contribution in [0.3, 0.4) is 0 Å². The van der Waals surface area contributed by atoms with Crippen LogP contribution < -0.4 is 11.3 Å². The lowest BCUT2D eigenvalue weighted by Gasteiger charge is -2.20. The third-order valence-corrected chi connectivity index (χ3v) is 3.05. The van der Waals surface area contributed by atoms with Gasteiger partial charge in [-0.2, -0.15) is 0 Å². The number of hydrogen-bond donors (Lipinski definition) is 2. The zero-order valence-corrected chi connectivity index (χ0v) is 9.89. The average Bonchev–Trinajstić information content (AvgIpc) is 2.25. The highest BCUT2D eigenvalue weighted by Gasteiger charge is 2.11. The minimum atomic E-state index is 0.422. The summed E-state index contributed by atoms with van der Waals surface area (Å²) in [6, 6.07) is 0.422. The highest BCUT2D eigenvalue weighted by molar-refractivity contribution is 5.07. The molecule has 1 unspecified atom stereocenters. The SMILES string of the molecule is C=C(C)CCC(CC1=CCCCC1)NN. The second-order valence-corrected chi connectivity index (χ2v) is 4.67. The molecular formula is C13H24N2. The quantitative estimate of drug-likeness (QED) is 0.400. The van der Waals surface area contributed by atoms with Crippen molar-refractivity contribution in [2.45, 2.75) is 57.9 Å². The van der Waals surface area contributed by atoms with E-state index in [9.17, 15) is 0 Å². The van der Waals surface area contributed by atoms with Crippen LogP contribution in [0.15, 0.2) is 23.8 Å². The van der Waals surface area contributed by atoms with E-state index in [-0.39, 0.29) is 0 Å². The molecule has 2 nitrogen and oxygen atoms in total. The van der Waals surface area contributed by atoms with E-state index in [1.54, 1.807) is 5.57 Å². The molecule has 0 fully saturated rings. The summed E-state index contributed by atoms with van der Waals surface area (Å²) in [5.74, 6) is 5.57. The summed E-state index contributed by atoms with van der Waals surface area (Å²) >= 11 is 0. The van der Waals surface area contributed by atoms with Gasteiger partial charge in [0.2, 0.25) is 0 Å². The molecule has 0 aromatic rings. The van der Waals surface area contributed by atoms with Crippen molar-refractivity contribution in [2.24, 2.45) is 5.84 Å². The van der Waals surface area contributed by atoms with Gasteiger partial charge in [-0.3, -0.25) is 11.3 Å². The monoisotopic (exact) mass is 208 g/mol. The Bertz CT molecular complexity index is 231. The van der Waals surface area contributed by atoms with Crippen molar-refractivity contribution in [1.29, 1.82) is 0 Å². The molecule has 0 spiro atoms. The number of hydrazine groups is 1. The summed E-state index contributed by atoms with van der Waals surface area (Å²) in [5, 5.41) is 0. The number of nitrogens with two attached hydrogens (primary N) is 1. The zero-order valence-electron chi connectivity index (χ0n) is 9.89. The van der Waals surface area contributed by atoms with Crippen LogP contribution in [0.4, 0.5) is 0 Å². The number of allylic oxidation sites excluding steroid dienone is 2. The Hall–Kier alpha value is -0.600. The van der Waals surface area contributed by atoms with Gasteiger partial charge in [-0.05, 0) is 51.9 Å². The average molecular weight is 208 g/mol. The van der Waals surface area contributed by atoms with E-state index in [0.29, 0.717) is 6.04 Å². The predicted molar refractivity (Wildman–Crippen MR) is 66.3 cm³/mol. The maximum absolute atomic E-state index is 5.57. The summed E-state index contributed by atoms with van der Waals surface area (Å²) in [5.41, 5.74) is 5.75. The topological polar surface area (TPSA) is 38.0 Å². The molecular weight excluding hydrogens is 184 g/mol. The summed E-state index contributed by atoms with van der Waals surface area (Å²) in [6.45, 7) is 6.00. The molecule has 3 N–H and O–H groups in total. The van der Waals surface area contributed by atoms with Gasteiger partial charge in [0.05, 0.1) is 0 Å². The number of rotatable bonds is 6. The van der Waals surface area contributed by atoms with Gasteiger partial charge in [0.15, 0.2) is 0 Å².